The molecule has 20 nitrogen and oxygen atoms in total. The highest BCUT2D eigenvalue weighted by Gasteiger charge is 2.51. The summed E-state index contributed by atoms with van der Waals surface area (Å²) in [6.45, 7) is 4.16. The van der Waals surface area contributed by atoms with Gasteiger partial charge >= 0.3 is 0 Å². The van der Waals surface area contributed by atoms with E-state index in [1.807, 2.05) is 6.92 Å². The molecule has 5 aliphatic rings. The summed E-state index contributed by atoms with van der Waals surface area (Å²) in [5.41, 5.74) is 0. The molecule has 5 saturated heterocycles. The first-order valence-corrected chi connectivity index (χ1v) is 18.0. The van der Waals surface area contributed by atoms with Crippen molar-refractivity contribution in [3.8, 4) is 0 Å². The molecule has 8 N–H and O–H groups in total. The van der Waals surface area contributed by atoms with Crippen molar-refractivity contribution < 1.29 is 97.7 Å². The van der Waals surface area contributed by atoms with Crippen molar-refractivity contribution in [2.45, 2.75) is 175 Å². The van der Waals surface area contributed by atoms with Gasteiger partial charge in [0.15, 0.2) is 31.5 Å². The summed E-state index contributed by atoms with van der Waals surface area (Å²) in [5.74, 6) is 0. The Hall–Kier alpha value is -0.800. The van der Waals surface area contributed by atoms with Gasteiger partial charge in [-0.1, -0.05) is 0 Å². The fourth-order valence-corrected chi connectivity index (χ4v) is 7.54. The lowest BCUT2D eigenvalue weighted by Gasteiger charge is -2.47. The second-order valence-corrected chi connectivity index (χ2v) is 14.2. The van der Waals surface area contributed by atoms with Gasteiger partial charge in [-0.25, -0.2) is 0 Å². The van der Waals surface area contributed by atoms with Crippen LogP contribution < -0.4 is 0 Å². The molecule has 0 amide bonds. The summed E-state index contributed by atoms with van der Waals surface area (Å²) in [7, 11) is 4.58. The van der Waals surface area contributed by atoms with Gasteiger partial charge in [0, 0.05) is 40.6 Å². The Kier molecular flexibility index (Phi) is 15.6. The van der Waals surface area contributed by atoms with Crippen LogP contribution in [0.25, 0.3) is 0 Å². The minimum atomic E-state index is -1.73. The van der Waals surface area contributed by atoms with E-state index in [1.165, 1.54) is 7.11 Å². The van der Waals surface area contributed by atoms with Crippen LogP contribution in [0.3, 0.4) is 0 Å². The maximum Gasteiger partial charge on any atom is 0.187 e. The summed E-state index contributed by atoms with van der Waals surface area (Å²) >= 11 is 0. The van der Waals surface area contributed by atoms with E-state index < -0.39 is 148 Å². The molecule has 5 fully saturated rings. The van der Waals surface area contributed by atoms with Crippen molar-refractivity contribution in [2.24, 2.45) is 0 Å². The molecule has 0 aliphatic carbocycles. The van der Waals surface area contributed by atoms with E-state index in [0.29, 0.717) is 6.42 Å². The summed E-state index contributed by atoms with van der Waals surface area (Å²) in [5, 5.41) is 81.9. The third-order valence-corrected chi connectivity index (χ3v) is 10.6. The Balaban J connectivity index is 1.16. The van der Waals surface area contributed by atoms with Gasteiger partial charge in [-0.15, -0.1) is 0 Å². The predicted octanol–water partition coefficient (Wildman–Crippen LogP) is -3.79. The molecule has 0 saturated carbocycles. The Morgan fingerprint density at radius 1 is 0.491 bits per heavy atom. The summed E-state index contributed by atoms with van der Waals surface area (Å²) < 4.78 is 70.5. The van der Waals surface area contributed by atoms with Crippen LogP contribution >= 0.6 is 0 Å². The average molecular weight is 775 g/mol. The number of methoxy groups -OCH3 is 3. The zero-order chi connectivity index (χ0) is 38.7. The minimum Gasteiger partial charge on any atom is -0.394 e. The fourth-order valence-electron chi connectivity index (χ4n) is 7.54. The second-order valence-electron chi connectivity index (χ2n) is 14.2. The van der Waals surface area contributed by atoms with Gasteiger partial charge in [-0.3, -0.25) is 0 Å². The highest BCUT2D eigenvalue weighted by Crippen LogP contribution is 2.35. The van der Waals surface area contributed by atoms with Crippen LogP contribution in [0, 0.1) is 0 Å². The first kappa shape index (κ1) is 43.3. The van der Waals surface area contributed by atoms with Crippen LogP contribution in [0.4, 0.5) is 0 Å². The third-order valence-electron chi connectivity index (χ3n) is 10.6. The Morgan fingerprint density at radius 2 is 0.925 bits per heavy atom. The Labute approximate surface area is 307 Å². The zero-order valence-corrected chi connectivity index (χ0v) is 30.7. The molecule has 5 aliphatic heterocycles. The van der Waals surface area contributed by atoms with Crippen molar-refractivity contribution in [3.05, 3.63) is 0 Å². The number of hydrogen-bond acceptors (Lipinski definition) is 20. The third kappa shape index (κ3) is 9.84. The van der Waals surface area contributed by atoms with E-state index in [0.717, 1.165) is 0 Å². The predicted molar refractivity (Wildman–Crippen MR) is 172 cm³/mol. The molecular formula is C33H58O20. The van der Waals surface area contributed by atoms with Gasteiger partial charge in [0.25, 0.3) is 0 Å². The summed E-state index contributed by atoms with van der Waals surface area (Å²) in [4.78, 5) is 0. The smallest absolute Gasteiger partial charge is 0.187 e. The topological polar surface area (TPSA) is 273 Å². The molecular weight excluding hydrogens is 716 g/mol. The van der Waals surface area contributed by atoms with Crippen molar-refractivity contribution >= 4 is 0 Å². The lowest BCUT2D eigenvalue weighted by molar-refractivity contribution is -0.361. The molecule has 0 spiro atoms. The first-order chi connectivity index (χ1) is 25.2. The number of hydrogen-bond donors (Lipinski definition) is 8. The number of rotatable bonds is 13. The molecule has 0 radical (unpaired) electrons. The monoisotopic (exact) mass is 774 g/mol. The standard InChI is InChI=1S/C33H58O20/c1-12-29(15(42-4)7-20(35)46-12)51-21-8-16(43-5)30(13(2)47-21)52-22-9-17(44-6)31(14(3)48-22)53-33-28(41)26(39)24(37)19(50-33)11-45-32-27(40)25(38)23(36)18(10-34)49-32/h12-41H,7-11H2,1-6H3/t12-,13-,14-,15+,16+,17-,18-,19-,20?,21+,22+,23-,24-,25+,26+,27-,28-,29-,30-,31+,32-,33+/m1/s1. The van der Waals surface area contributed by atoms with Crippen molar-refractivity contribution in [3.63, 3.8) is 0 Å². The van der Waals surface area contributed by atoms with Crippen molar-refractivity contribution in [1.82, 2.24) is 0 Å². The fraction of sp³-hybridized carbons (Fsp3) is 1.00. The average Bonchev–Trinajstić information content (AvgIpc) is 3.13. The molecule has 5 rings (SSSR count). The number of aliphatic hydroxyl groups excluding tert-OH is 8. The van der Waals surface area contributed by atoms with Crippen LogP contribution in [-0.2, 0) is 56.8 Å². The van der Waals surface area contributed by atoms with Crippen molar-refractivity contribution in [2.75, 3.05) is 34.5 Å². The normalized spacial score (nSPS) is 51.3. The van der Waals surface area contributed by atoms with E-state index in [9.17, 15) is 40.9 Å². The molecule has 0 aromatic rings. The molecule has 1 unspecified atom stereocenters. The molecule has 20 heteroatoms. The molecule has 53 heavy (non-hydrogen) atoms. The van der Waals surface area contributed by atoms with E-state index in [2.05, 4.69) is 0 Å². The summed E-state index contributed by atoms with van der Waals surface area (Å²) in [6.07, 6.45) is -22.4. The maximum atomic E-state index is 10.8. The Bertz CT molecular complexity index is 1110. The molecule has 0 bridgehead atoms. The largest absolute Gasteiger partial charge is 0.394 e. The summed E-state index contributed by atoms with van der Waals surface area (Å²) in [6, 6.07) is 0. The van der Waals surface area contributed by atoms with Crippen LogP contribution in [0.1, 0.15) is 40.0 Å². The van der Waals surface area contributed by atoms with Gasteiger partial charge < -0.3 is 97.7 Å². The van der Waals surface area contributed by atoms with Gasteiger partial charge in [-0.05, 0) is 20.8 Å². The molecule has 5 heterocycles. The molecule has 22 atom stereocenters. The molecule has 310 valence electrons. The lowest BCUT2D eigenvalue weighted by atomic mass is 9.97. The molecule has 0 aromatic heterocycles. The lowest BCUT2D eigenvalue weighted by Crippen LogP contribution is -2.63. The number of aliphatic hydroxyl groups is 8. The second kappa shape index (κ2) is 19.1. The van der Waals surface area contributed by atoms with Crippen LogP contribution in [0.2, 0.25) is 0 Å². The van der Waals surface area contributed by atoms with E-state index >= 15 is 0 Å². The van der Waals surface area contributed by atoms with Crippen LogP contribution in [-0.4, -0.2) is 211 Å². The first-order valence-electron chi connectivity index (χ1n) is 18.0. The minimum absolute atomic E-state index is 0.178. The SMILES string of the molecule is CO[C@H]1CC(O)O[C@H](C)[C@H]1O[C@H]1C[C@H](OC)[C@H](O[C@H]2C[C@@H](OC)[C@@H](O[C@@H]3O[C@H](CO[C@@H]4O[C@H](CO)[C@@H](O)[C@H](O)[C@H]4O)[C@@H](O)[C@H](O)[C@H]3O)[C@@H](C)O2)[C@@H](C)O1. The van der Waals surface area contributed by atoms with Gasteiger partial charge in [0.2, 0.25) is 0 Å². The Morgan fingerprint density at radius 3 is 1.43 bits per heavy atom. The van der Waals surface area contributed by atoms with Gasteiger partial charge in [0.05, 0.1) is 49.8 Å². The highest BCUT2D eigenvalue weighted by atomic mass is 16.8. The van der Waals surface area contributed by atoms with E-state index in [4.69, 9.17) is 56.8 Å². The van der Waals surface area contributed by atoms with Crippen LogP contribution in [0.15, 0.2) is 0 Å². The maximum absolute atomic E-state index is 10.8. The quantitative estimate of drug-likeness (QED) is 0.0892. The van der Waals surface area contributed by atoms with E-state index in [-0.39, 0.29) is 12.8 Å². The van der Waals surface area contributed by atoms with Gasteiger partial charge in [0.1, 0.15) is 67.1 Å². The van der Waals surface area contributed by atoms with Gasteiger partial charge in [-0.2, -0.15) is 0 Å². The molecule has 0 aromatic carbocycles. The van der Waals surface area contributed by atoms with E-state index in [1.54, 1.807) is 28.1 Å². The highest BCUT2D eigenvalue weighted by molar-refractivity contribution is 4.94. The zero-order valence-electron chi connectivity index (χ0n) is 30.7. The van der Waals surface area contributed by atoms with Crippen molar-refractivity contribution in [1.29, 1.82) is 0 Å². The number of ether oxygens (including phenoxy) is 12. The van der Waals surface area contributed by atoms with Crippen LogP contribution in [0.5, 0.6) is 0 Å².